The fourth-order valence-electron chi connectivity index (χ4n) is 3.34. The third-order valence-corrected chi connectivity index (χ3v) is 5.21. The minimum Gasteiger partial charge on any atom is -0.466 e. The second-order valence-electron chi connectivity index (χ2n) is 7.19. The van der Waals surface area contributed by atoms with E-state index in [1.807, 2.05) is 20.0 Å². The molecule has 1 fully saturated rings. The van der Waals surface area contributed by atoms with E-state index in [-0.39, 0.29) is 11.9 Å². The van der Waals surface area contributed by atoms with Crippen LogP contribution in [0.5, 0.6) is 0 Å². The molecular weight excluding hydrogens is 340 g/mol. The molecule has 1 aromatic rings. The summed E-state index contributed by atoms with van der Waals surface area (Å²) in [5.41, 5.74) is 1.32. The average Bonchev–Trinajstić information content (AvgIpc) is 2.69. The highest BCUT2D eigenvalue weighted by Crippen LogP contribution is 2.18. The minimum absolute atomic E-state index is 0.0234. The van der Waals surface area contributed by atoms with Crippen LogP contribution in [-0.2, 0) is 16.1 Å². The number of guanidine groups is 1. The summed E-state index contributed by atoms with van der Waals surface area (Å²) < 4.78 is 5.15. The van der Waals surface area contributed by atoms with Crippen LogP contribution in [0.3, 0.4) is 0 Å². The van der Waals surface area contributed by atoms with Gasteiger partial charge in [-0.2, -0.15) is 0 Å². The number of esters is 1. The Hall–Kier alpha value is -2.08. The van der Waals surface area contributed by atoms with Crippen LogP contribution < -0.4 is 5.32 Å². The van der Waals surface area contributed by atoms with Crippen LogP contribution in [-0.4, -0.2) is 68.1 Å². The van der Waals surface area contributed by atoms with E-state index in [1.54, 1.807) is 0 Å². The third kappa shape index (κ3) is 6.54. The number of likely N-dealkylation sites (N-methyl/N-ethyl adjacent to an activating group) is 1. The van der Waals surface area contributed by atoms with Gasteiger partial charge in [-0.25, -0.2) is 0 Å². The average molecular weight is 375 g/mol. The molecule has 6 nitrogen and oxygen atoms in total. The molecule has 1 aliphatic heterocycles. The van der Waals surface area contributed by atoms with Gasteiger partial charge >= 0.3 is 5.97 Å². The van der Waals surface area contributed by atoms with Gasteiger partial charge in [0.15, 0.2) is 5.96 Å². The quantitative estimate of drug-likeness (QED) is 0.451. The summed E-state index contributed by atoms with van der Waals surface area (Å²) in [6, 6.07) is 10.9. The van der Waals surface area contributed by atoms with Gasteiger partial charge in [-0.1, -0.05) is 30.3 Å². The van der Waals surface area contributed by atoms with Gasteiger partial charge in [-0.3, -0.25) is 14.7 Å². The summed E-state index contributed by atoms with van der Waals surface area (Å²) in [4.78, 5) is 20.9. The maximum atomic E-state index is 11.9. The first kappa shape index (κ1) is 21.2. The molecule has 6 heteroatoms. The normalized spacial score (nSPS) is 17.1. The van der Waals surface area contributed by atoms with Gasteiger partial charge in [0.25, 0.3) is 0 Å². The van der Waals surface area contributed by atoms with Gasteiger partial charge in [-0.05, 0) is 39.3 Å². The number of rotatable bonds is 7. The lowest BCUT2D eigenvalue weighted by atomic mass is 9.97. The maximum Gasteiger partial charge on any atom is 0.309 e. The SMILES string of the molecule is CCOC(=O)C1CCN(C(=NC)NCC(C)N(C)Cc2ccccc2)CC1. The molecule has 0 saturated carbocycles. The maximum absolute atomic E-state index is 11.9. The summed E-state index contributed by atoms with van der Waals surface area (Å²) in [5.74, 6) is 0.878. The molecular formula is C21H34N4O2. The zero-order valence-corrected chi connectivity index (χ0v) is 17.1. The highest BCUT2D eigenvalue weighted by Gasteiger charge is 2.27. The predicted molar refractivity (Wildman–Crippen MR) is 110 cm³/mol. The van der Waals surface area contributed by atoms with Crippen molar-refractivity contribution in [3.63, 3.8) is 0 Å². The summed E-state index contributed by atoms with van der Waals surface area (Å²) in [7, 11) is 3.96. The Morgan fingerprint density at radius 3 is 2.59 bits per heavy atom. The van der Waals surface area contributed by atoms with E-state index in [0.29, 0.717) is 12.6 Å². The highest BCUT2D eigenvalue weighted by atomic mass is 16.5. The molecule has 0 amide bonds. The second kappa shape index (κ2) is 10.9. The molecule has 150 valence electrons. The van der Waals surface area contributed by atoms with Crippen LogP contribution in [0, 0.1) is 5.92 Å². The first-order chi connectivity index (χ1) is 13.0. The zero-order chi connectivity index (χ0) is 19.6. The van der Waals surface area contributed by atoms with Crippen LogP contribution in [0.25, 0.3) is 0 Å². The van der Waals surface area contributed by atoms with E-state index in [2.05, 4.69) is 58.3 Å². The van der Waals surface area contributed by atoms with Crippen molar-refractivity contribution in [3.8, 4) is 0 Å². The third-order valence-electron chi connectivity index (χ3n) is 5.21. The predicted octanol–water partition coefficient (Wildman–Crippen LogP) is 2.36. The zero-order valence-electron chi connectivity index (χ0n) is 17.1. The highest BCUT2D eigenvalue weighted by molar-refractivity contribution is 5.80. The molecule has 27 heavy (non-hydrogen) atoms. The number of piperidine rings is 1. The lowest BCUT2D eigenvalue weighted by Gasteiger charge is -2.34. The summed E-state index contributed by atoms with van der Waals surface area (Å²) >= 11 is 0. The summed E-state index contributed by atoms with van der Waals surface area (Å²) in [6.45, 7) is 7.94. The number of ether oxygens (including phenoxy) is 1. The van der Waals surface area contributed by atoms with Gasteiger partial charge in [0.05, 0.1) is 12.5 Å². The van der Waals surface area contributed by atoms with E-state index in [0.717, 1.165) is 45.0 Å². The van der Waals surface area contributed by atoms with E-state index in [9.17, 15) is 4.79 Å². The fraction of sp³-hybridized carbons (Fsp3) is 0.619. The molecule has 0 radical (unpaired) electrons. The van der Waals surface area contributed by atoms with Crippen molar-refractivity contribution in [2.75, 3.05) is 40.3 Å². The Balaban J connectivity index is 1.77. The Morgan fingerprint density at radius 2 is 2.00 bits per heavy atom. The Bertz CT molecular complexity index is 597. The van der Waals surface area contributed by atoms with Crippen molar-refractivity contribution in [1.29, 1.82) is 0 Å². The van der Waals surface area contributed by atoms with Crippen LogP contribution in [0.4, 0.5) is 0 Å². The number of benzene rings is 1. The summed E-state index contributed by atoms with van der Waals surface area (Å²) in [6.07, 6.45) is 1.64. The van der Waals surface area contributed by atoms with Gasteiger partial charge in [-0.15, -0.1) is 0 Å². The number of hydrogen-bond acceptors (Lipinski definition) is 4. The number of nitrogens with one attached hydrogen (secondary N) is 1. The molecule has 0 bridgehead atoms. The molecule has 1 N–H and O–H groups in total. The number of aliphatic imine (C=N–C) groups is 1. The van der Waals surface area contributed by atoms with E-state index >= 15 is 0 Å². The number of likely N-dealkylation sites (tertiary alicyclic amines) is 1. The van der Waals surface area contributed by atoms with Crippen molar-refractivity contribution in [1.82, 2.24) is 15.1 Å². The molecule has 1 heterocycles. The van der Waals surface area contributed by atoms with Gasteiger partial charge in [0, 0.05) is 39.3 Å². The molecule has 0 spiro atoms. The second-order valence-corrected chi connectivity index (χ2v) is 7.19. The Kier molecular flexibility index (Phi) is 8.58. The Labute approximate surface area is 163 Å². The van der Waals surface area contributed by atoms with Crippen molar-refractivity contribution in [2.45, 2.75) is 39.3 Å². The van der Waals surface area contributed by atoms with Gasteiger partial charge in [0.2, 0.25) is 0 Å². The van der Waals surface area contributed by atoms with Crippen LogP contribution in [0.2, 0.25) is 0 Å². The smallest absolute Gasteiger partial charge is 0.309 e. The first-order valence-corrected chi connectivity index (χ1v) is 9.91. The lowest BCUT2D eigenvalue weighted by Crippen LogP contribution is -2.49. The lowest BCUT2D eigenvalue weighted by molar-refractivity contribution is -0.149. The van der Waals surface area contributed by atoms with Crippen molar-refractivity contribution in [2.24, 2.45) is 10.9 Å². The molecule has 1 atom stereocenters. The largest absolute Gasteiger partial charge is 0.466 e. The Morgan fingerprint density at radius 1 is 1.33 bits per heavy atom. The number of carbonyl (C=O) groups is 1. The number of nitrogens with zero attached hydrogens (tertiary/aromatic N) is 3. The van der Waals surface area contributed by atoms with E-state index < -0.39 is 0 Å². The van der Waals surface area contributed by atoms with Gasteiger partial charge < -0.3 is 15.0 Å². The monoisotopic (exact) mass is 374 g/mol. The van der Waals surface area contributed by atoms with E-state index in [1.165, 1.54) is 5.56 Å². The van der Waals surface area contributed by atoms with Crippen LogP contribution in [0.15, 0.2) is 35.3 Å². The summed E-state index contributed by atoms with van der Waals surface area (Å²) in [5, 5.41) is 3.49. The number of hydrogen-bond donors (Lipinski definition) is 1. The minimum atomic E-state index is -0.0590. The van der Waals surface area contributed by atoms with E-state index in [4.69, 9.17) is 4.74 Å². The van der Waals surface area contributed by atoms with Gasteiger partial charge in [0.1, 0.15) is 0 Å². The van der Waals surface area contributed by atoms with Crippen LogP contribution >= 0.6 is 0 Å². The molecule has 0 aromatic heterocycles. The fourth-order valence-corrected chi connectivity index (χ4v) is 3.34. The standard InChI is InChI=1S/C21H34N4O2/c1-5-27-20(26)19-11-13-25(14-12-19)21(22-3)23-15-17(2)24(4)16-18-9-7-6-8-10-18/h6-10,17,19H,5,11-16H2,1-4H3,(H,22,23). The molecule has 1 unspecified atom stereocenters. The number of carbonyl (C=O) groups excluding carboxylic acids is 1. The van der Waals surface area contributed by atoms with Crippen molar-refractivity contribution < 1.29 is 9.53 Å². The molecule has 1 aliphatic rings. The van der Waals surface area contributed by atoms with Crippen molar-refractivity contribution >= 4 is 11.9 Å². The molecule has 1 aromatic carbocycles. The molecule has 1 saturated heterocycles. The van der Waals surface area contributed by atoms with Crippen LogP contribution in [0.1, 0.15) is 32.3 Å². The first-order valence-electron chi connectivity index (χ1n) is 9.91. The van der Waals surface area contributed by atoms with Crippen molar-refractivity contribution in [3.05, 3.63) is 35.9 Å². The molecule has 0 aliphatic carbocycles. The molecule has 2 rings (SSSR count). The topological polar surface area (TPSA) is 57.2 Å².